The zero-order valence-corrected chi connectivity index (χ0v) is 14.5. The van der Waals surface area contributed by atoms with Crippen molar-refractivity contribution < 1.29 is 14.7 Å². The molecular weight excluding hydrogens is 320 g/mol. The highest BCUT2D eigenvalue weighted by molar-refractivity contribution is 5.94. The molecule has 3 rings (SSSR count). The molecule has 1 aromatic rings. The van der Waals surface area contributed by atoms with Crippen molar-refractivity contribution in [1.29, 1.82) is 0 Å². The lowest BCUT2D eigenvalue weighted by Gasteiger charge is -2.34. The van der Waals surface area contributed by atoms with Crippen molar-refractivity contribution in [1.82, 2.24) is 14.8 Å². The number of aromatic nitrogens is 1. The maximum atomic E-state index is 12.6. The minimum Gasteiger partial charge on any atom is -0.395 e. The molecule has 25 heavy (non-hydrogen) atoms. The molecule has 0 spiro atoms. The Kier molecular flexibility index (Phi) is 5.86. The van der Waals surface area contributed by atoms with E-state index in [2.05, 4.69) is 10.3 Å². The van der Waals surface area contributed by atoms with E-state index < -0.39 is 0 Å². The van der Waals surface area contributed by atoms with Gasteiger partial charge < -0.3 is 20.2 Å². The second kappa shape index (κ2) is 8.29. The van der Waals surface area contributed by atoms with Gasteiger partial charge in [-0.2, -0.15) is 0 Å². The molecule has 3 heterocycles. The smallest absolute Gasteiger partial charge is 0.255 e. The number of rotatable bonds is 6. The SMILES string of the molecule is O=C1CCCN1CC1CCN(C(=O)c2ccc(NCCO)nc2)CC1. The fraction of sp³-hybridized carbons (Fsp3) is 0.611. The maximum Gasteiger partial charge on any atom is 0.255 e. The Morgan fingerprint density at radius 1 is 1.28 bits per heavy atom. The van der Waals surface area contributed by atoms with E-state index in [0.717, 1.165) is 45.4 Å². The molecule has 0 saturated carbocycles. The Morgan fingerprint density at radius 3 is 2.68 bits per heavy atom. The van der Waals surface area contributed by atoms with Crippen LogP contribution in [0.2, 0.25) is 0 Å². The fourth-order valence-electron chi connectivity index (χ4n) is 3.52. The number of nitrogens with zero attached hydrogens (tertiary/aromatic N) is 3. The molecule has 0 aromatic carbocycles. The minimum atomic E-state index is 0.0110. The summed E-state index contributed by atoms with van der Waals surface area (Å²) in [6, 6.07) is 3.53. The Morgan fingerprint density at radius 2 is 2.08 bits per heavy atom. The predicted molar refractivity (Wildman–Crippen MR) is 94.3 cm³/mol. The molecule has 0 radical (unpaired) electrons. The average Bonchev–Trinajstić information content (AvgIpc) is 3.05. The second-order valence-corrected chi connectivity index (χ2v) is 6.76. The molecule has 0 bridgehead atoms. The van der Waals surface area contributed by atoms with Gasteiger partial charge in [-0.15, -0.1) is 0 Å². The zero-order valence-electron chi connectivity index (χ0n) is 14.5. The lowest BCUT2D eigenvalue weighted by atomic mass is 9.96. The number of carbonyl (C=O) groups is 2. The molecule has 0 atom stereocenters. The monoisotopic (exact) mass is 346 g/mol. The summed E-state index contributed by atoms with van der Waals surface area (Å²) >= 11 is 0. The van der Waals surface area contributed by atoms with Crippen molar-refractivity contribution in [2.75, 3.05) is 44.6 Å². The van der Waals surface area contributed by atoms with Gasteiger partial charge in [0.05, 0.1) is 12.2 Å². The van der Waals surface area contributed by atoms with Crippen LogP contribution in [-0.2, 0) is 4.79 Å². The van der Waals surface area contributed by atoms with E-state index in [0.29, 0.717) is 30.3 Å². The van der Waals surface area contributed by atoms with Crippen molar-refractivity contribution in [2.45, 2.75) is 25.7 Å². The summed E-state index contributed by atoms with van der Waals surface area (Å²) in [5.41, 5.74) is 0.586. The third-order valence-corrected chi connectivity index (χ3v) is 4.98. The van der Waals surface area contributed by atoms with Gasteiger partial charge in [-0.1, -0.05) is 0 Å². The van der Waals surface area contributed by atoms with Gasteiger partial charge in [0.2, 0.25) is 5.91 Å². The van der Waals surface area contributed by atoms with Gasteiger partial charge in [0.15, 0.2) is 0 Å². The highest BCUT2D eigenvalue weighted by Gasteiger charge is 2.28. The summed E-state index contributed by atoms with van der Waals surface area (Å²) in [6.07, 6.45) is 5.13. The largest absolute Gasteiger partial charge is 0.395 e. The maximum absolute atomic E-state index is 12.6. The topological polar surface area (TPSA) is 85.8 Å². The van der Waals surface area contributed by atoms with Gasteiger partial charge in [-0.3, -0.25) is 9.59 Å². The number of aliphatic hydroxyl groups is 1. The number of likely N-dealkylation sites (tertiary alicyclic amines) is 2. The number of aliphatic hydroxyl groups excluding tert-OH is 1. The Balaban J connectivity index is 1.48. The summed E-state index contributed by atoms with van der Waals surface area (Å²) in [6.45, 7) is 3.67. The standard InChI is InChI=1S/C18H26N4O3/c23-11-7-19-16-4-3-15(12-20-16)18(25)21-9-5-14(6-10-21)13-22-8-1-2-17(22)24/h3-4,12,14,23H,1-2,5-11,13H2,(H,19,20). The van der Waals surface area contributed by atoms with Gasteiger partial charge >= 0.3 is 0 Å². The van der Waals surface area contributed by atoms with E-state index in [4.69, 9.17) is 5.11 Å². The van der Waals surface area contributed by atoms with Crippen LogP contribution in [0.15, 0.2) is 18.3 Å². The summed E-state index contributed by atoms with van der Waals surface area (Å²) in [5.74, 6) is 1.44. The van der Waals surface area contributed by atoms with Gasteiger partial charge in [-0.05, 0) is 37.3 Å². The van der Waals surface area contributed by atoms with Crippen LogP contribution in [0.1, 0.15) is 36.0 Å². The molecule has 2 fully saturated rings. The van der Waals surface area contributed by atoms with Crippen molar-refractivity contribution >= 4 is 17.6 Å². The first-order chi connectivity index (χ1) is 12.2. The number of piperidine rings is 1. The first-order valence-electron chi connectivity index (χ1n) is 9.05. The molecule has 7 nitrogen and oxygen atoms in total. The molecule has 1 aromatic heterocycles. The molecule has 0 unspecified atom stereocenters. The van der Waals surface area contributed by atoms with Crippen LogP contribution in [0.5, 0.6) is 0 Å². The van der Waals surface area contributed by atoms with Crippen LogP contribution in [0.3, 0.4) is 0 Å². The van der Waals surface area contributed by atoms with Crippen LogP contribution >= 0.6 is 0 Å². The number of pyridine rings is 1. The molecule has 2 aliphatic heterocycles. The molecule has 2 amide bonds. The van der Waals surface area contributed by atoms with E-state index in [1.807, 2.05) is 9.80 Å². The Hall–Kier alpha value is -2.15. The second-order valence-electron chi connectivity index (χ2n) is 6.76. The van der Waals surface area contributed by atoms with Crippen LogP contribution in [0, 0.1) is 5.92 Å². The highest BCUT2D eigenvalue weighted by atomic mass is 16.3. The average molecular weight is 346 g/mol. The number of carbonyl (C=O) groups excluding carboxylic acids is 2. The zero-order chi connectivity index (χ0) is 17.6. The summed E-state index contributed by atoms with van der Waals surface area (Å²) in [4.78, 5) is 32.4. The van der Waals surface area contributed by atoms with E-state index in [1.54, 1.807) is 18.3 Å². The van der Waals surface area contributed by atoms with E-state index in [9.17, 15) is 9.59 Å². The predicted octanol–water partition coefficient (Wildman–Crippen LogP) is 0.960. The molecule has 2 saturated heterocycles. The first kappa shape index (κ1) is 17.7. The Labute approximate surface area is 148 Å². The van der Waals surface area contributed by atoms with Crippen molar-refractivity contribution in [3.63, 3.8) is 0 Å². The van der Waals surface area contributed by atoms with Crippen LogP contribution in [0.25, 0.3) is 0 Å². The normalized spacial score (nSPS) is 18.7. The van der Waals surface area contributed by atoms with Gasteiger partial charge in [0.1, 0.15) is 5.82 Å². The molecule has 136 valence electrons. The van der Waals surface area contributed by atoms with Crippen LogP contribution in [0.4, 0.5) is 5.82 Å². The molecule has 2 aliphatic rings. The lowest BCUT2D eigenvalue weighted by molar-refractivity contribution is -0.128. The third-order valence-electron chi connectivity index (χ3n) is 4.98. The van der Waals surface area contributed by atoms with E-state index in [-0.39, 0.29) is 18.4 Å². The van der Waals surface area contributed by atoms with Crippen LogP contribution < -0.4 is 5.32 Å². The minimum absolute atomic E-state index is 0.0110. The lowest BCUT2D eigenvalue weighted by Crippen LogP contribution is -2.41. The number of hydrogen-bond donors (Lipinski definition) is 2. The third kappa shape index (κ3) is 4.48. The Bertz CT molecular complexity index is 597. The van der Waals surface area contributed by atoms with Crippen LogP contribution in [-0.4, -0.2) is 71.0 Å². The highest BCUT2D eigenvalue weighted by Crippen LogP contribution is 2.22. The number of amides is 2. The number of anilines is 1. The summed E-state index contributed by atoms with van der Waals surface area (Å²) in [5, 5.41) is 11.8. The molecule has 0 aliphatic carbocycles. The quantitative estimate of drug-likeness (QED) is 0.801. The first-order valence-corrected chi connectivity index (χ1v) is 9.05. The van der Waals surface area contributed by atoms with Crippen molar-refractivity contribution in [3.8, 4) is 0 Å². The molecule has 7 heteroatoms. The summed E-state index contributed by atoms with van der Waals surface area (Å²) < 4.78 is 0. The van der Waals surface area contributed by atoms with E-state index in [1.165, 1.54) is 0 Å². The summed E-state index contributed by atoms with van der Waals surface area (Å²) in [7, 11) is 0. The van der Waals surface area contributed by atoms with Crippen molar-refractivity contribution in [3.05, 3.63) is 23.9 Å². The molecular formula is C18H26N4O3. The number of hydrogen-bond acceptors (Lipinski definition) is 5. The van der Waals surface area contributed by atoms with Gasteiger partial charge in [-0.25, -0.2) is 4.98 Å². The van der Waals surface area contributed by atoms with Gasteiger partial charge in [0, 0.05) is 45.3 Å². The molecule has 2 N–H and O–H groups in total. The fourth-order valence-corrected chi connectivity index (χ4v) is 3.52. The van der Waals surface area contributed by atoms with Gasteiger partial charge in [0.25, 0.3) is 5.91 Å². The van der Waals surface area contributed by atoms with E-state index >= 15 is 0 Å². The van der Waals surface area contributed by atoms with Crippen molar-refractivity contribution in [2.24, 2.45) is 5.92 Å². The number of nitrogens with one attached hydrogen (secondary N) is 1.